The highest BCUT2D eigenvalue weighted by Gasteiger charge is 2.37. The molecule has 1 aliphatic rings. The number of amides is 1. The Morgan fingerprint density at radius 1 is 1.25 bits per heavy atom. The smallest absolute Gasteiger partial charge is 0.363 e. The number of pyridine rings is 1. The van der Waals surface area contributed by atoms with Gasteiger partial charge in [0.2, 0.25) is 5.88 Å². The van der Waals surface area contributed by atoms with Gasteiger partial charge in [-0.1, -0.05) is 18.2 Å². The number of methoxy groups -OCH3 is 1. The maximum Gasteiger partial charge on any atom is 0.363 e. The molecule has 3 rings (SSSR count). The standard InChI is InChI=1S/C19H21N3O6/c1-12-8-15-17(20-18(12)27-2)22(14(10-23)11-24)16(25)9-21(15)28-19(26)13-6-4-3-5-7-13/h3-8,14,23-24H,9-11H2,1-2H3. The summed E-state index contributed by atoms with van der Waals surface area (Å²) in [6, 6.07) is 9.19. The Hall–Kier alpha value is -3.17. The number of aliphatic hydroxyl groups excluding tert-OH is 2. The van der Waals surface area contributed by atoms with Crippen molar-refractivity contribution in [2.45, 2.75) is 13.0 Å². The van der Waals surface area contributed by atoms with Crippen LogP contribution in [0, 0.1) is 6.92 Å². The van der Waals surface area contributed by atoms with Crippen molar-refractivity contribution in [3.63, 3.8) is 0 Å². The van der Waals surface area contributed by atoms with Crippen LogP contribution in [0.2, 0.25) is 0 Å². The fourth-order valence-electron chi connectivity index (χ4n) is 2.95. The van der Waals surface area contributed by atoms with E-state index in [2.05, 4.69) is 4.98 Å². The predicted molar refractivity (Wildman–Crippen MR) is 100 cm³/mol. The first-order valence-corrected chi connectivity index (χ1v) is 8.64. The zero-order chi connectivity index (χ0) is 20.3. The van der Waals surface area contributed by atoms with Crippen molar-refractivity contribution in [1.29, 1.82) is 0 Å². The molecule has 0 saturated carbocycles. The number of aromatic nitrogens is 1. The summed E-state index contributed by atoms with van der Waals surface area (Å²) >= 11 is 0. The average Bonchev–Trinajstić information content (AvgIpc) is 2.71. The van der Waals surface area contributed by atoms with Crippen LogP contribution in [0.15, 0.2) is 36.4 Å². The van der Waals surface area contributed by atoms with E-state index in [0.29, 0.717) is 16.8 Å². The molecule has 2 heterocycles. The summed E-state index contributed by atoms with van der Waals surface area (Å²) in [7, 11) is 1.44. The first-order valence-electron chi connectivity index (χ1n) is 8.64. The summed E-state index contributed by atoms with van der Waals surface area (Å²) in [5.41, 5.74) is 1.36. The molecule has 0 atom stereocenters. The number of hydrogen-bond acceptors (Lipinski definition) is 8. The second-order valence-corrected chi connectivity index (χ2v) is 6.22. The van der Waals surface area contributed by atoms with Gasteiger partial charge in [0.1, 0.15) is 12.2 Å². The van der Waals surface area contributed by atoms with Gasteiger partial charge in [0.25, 0.3) is 5.91 Å². The molecule has 2 aromatic rings. The van der Waals surface area contributed by atoms with E-state index in [4.69, 9.17) is 9.57 Å². The van der Waals surface area contributed by atoms with Crippen molar-refractivity contribution < 1.29 is 29.4 Å². The predicted octanol–water partition coefficient (Wildman–Crippen LogP) is 0.677. The normalized spacial score (nSPS) is 13.5. The van der Waals surface area contributed by atoms with Crippen molar-refractivity contribution in [3.8, 4) is 5.88 Å². The van der Waals surface area contributed by atoms with Gasteiger partial charge in [0.15, 0.2) is 5.82 Å². The van der Waals surface area contributed by atoms with Crippen LogP contribution in [0.25, 0.3) is 0 Å². The summed E-state index contributed by atoms with van der Waals surface area (Å²) in [4.78, 5) is 36.1. The number of ether oxygens (including phenoxy) is 1. The molecule has 9 heteroatoms. The molecule has 0 bridgehead atoms. The van der Waals surface area contributed by atoms with Crippen LogP contribution in [0.1, 0.15) is 15.9 Å². The lowest BCUT2D eigenvalue weighted by Gasteiger charge is -2.38. The van der Waals surface area contributed by atoms with Crippen LogP contribution in [0.4, 0.5) is 11.5 Å². The Bertz CT molecular complexity index is 869. The number of nitrogens with zero attached hydrogens (tertiary/aromatic N) is 3. The van der Waals surface area contributed by atoms with Crippen LogP contribution in [0.3, 0.4) is 0 Å². The van der Waals surface area contributed by atoms with Crippen molar-refractivity contribution >= 4 is 23.4 Å². The van der Waals surface area contributed by atoms with Gasteiger partial charge in [-0.05, 0) is 25.1 Å². The lowest BCUT2D eigenvalue weighted by molar-refractivity contribution is -0.119. The molecule has 0 aliphatic carbocycles. The quantitative estimate of drug-likeness (QED) is 0.744. The zero-order valence-corrected chi connectivity index (χ0v) is 15.5. The largest absolute Gasteiger partial charge is 0.481 e. The van der Waals surface area contributed by atoms with E-state index in [1.165, 1.54) is 12.0 Å². The number of anilines is 2. The minimum Gasteiger partial charge on any atom is -0.481 e. The second kappa shape index (κ2) is 8.24. The van der Waals surface area contributed by atoms with Crippen molar-refractivity contribution in [3.05, 3.63) is 47.5 Å². The van der Waals surface area contributed by atoms with Crippen molar-refractivity contribution in [2.24, 2.45) is 0 Å². The molecular weight excluding hydrogens is 366 g/mol. The van der Waals surface area contributed by atoms with E-state index in [-0.39, 0.29) is 18.2 Å². The average molecular weight is 387 g/mol. The Balaban J connectivity index is 2.02. The molecule has 1 aliphatic heterocycles. The number of rotatable bonds is 6. The molecular formula is C19H21N3O6. The molecule has 0 fully saturated rings. The van der Waals surface area contributed by atoms with Crippen molar-refractivity contribution in [2.75, 3.05) is 36.8 Å². The maximum atomic E-state index is 12.7. The second-order valence-electron chi connectivity index (χ2n) is 6.22. The van der Waals surface area contributed by atoms with Crippen LogP contribution >= 0.6 is 0 Å². The minimum absolute atomic E-state index is 0.132. The van der Waals surface area contributed by atoms with Crippen LogP contribution in [-0.2, 0) is 9.63 Å². The Morgan fingerprint density at radius 2 is 1.93 bits per heavy atom. The molecule has 0 spiro atoms. The Kier molecular flexibility index (Phi) is 5.76. The van der Waals surface area contributed by atoms with Gasteiger partial charge in [-0.3, -0.25) is 9.69 Å². The Morgan fingerprint density at radius 3 is 2.54 bits per heavy atom. The van der Waals surface area contributed by atoms with Gasteiger partial charge in [0.05, 0.1) is 31.9 Å². The summed E-state index contributed by atoms with van der Waals surface area (Å²) in [5, 5.41) is 20.3. The van der Waals surface area contributed by atoms with Crippen LogP contribution in [0.5, 0.6) is 5.88 Å². The minimum atomic E-state index is -0.877. The molecule has 2 N–H and O–H groups in total. The summed E-state index contributed by atoms with van der Waals surface area (Å²) < 4.78 is 5.23. The van der Waals surface area contributed by atoms with Crippen LogP contribution < -0.4 is 14.7 Å². The highest BCUT2D eigenvalue weighted by molar-refractivity contribution is 6.03. The molecule has 0 unspecified atom stereocenters. The van der Waals surface area contributed by atoms with E-state index < -0.39 is 31.1 Å². The van der Waals surface area contributed by atoms with Crippen LogP contribution in [-0.4, -0.2) is 60.0 Å². The van der Waals surface area contributed by atoms with E-state index in [0.717, 1.165) is 5.06 Å². The van der Waals surface area contributed by atoms with Gasteiger partial charge in [-0.15, -0.1) is 0 Å². The SMILES string of the molecule is COc1nc2c(cc1C)N(OC(=O)c1ccccc1)CC(=O)N2C(CO)CO. The third-order valence-electron chi connectivity index (χ3n) is 4.35. The van der Waals surface area contributed by atoms with E-state index >= 15 is 0 Å². The molecule has 9 nitrogen and oxygen atoms in total. The molecule has 1 aromatic carbocycles. The lowest BCUT2D eigenvalue weighted by atomic mass is 10.1. The Labute approximate surface area is 161 Å². The third-order valence-corrected chi connectivity index (χ3v) is 4.35. The molecule has 0 radical (unpaired) electrons. The van der Waals surface area contributed by atoms with Gasteiger partial charge in [0, 0.05) is 5.56 Å². The molecule has 0 saturated heterocycles. The number of carbonyl (C=O) groups is 2. The van der Waals surface area contributed by atoms with Gasteiger partial charge < -0.3 is 19.8 Å². The van der Waals surface area contributed by atoms with Crippen molar-refractivity contribution in [1.82, 2.24) is 4.98 Å². The van der Waals surface area contributed by atoms with E-state index in [9.17, 15) is 19.8 Å². The fourth-order valence-corrected chi connectivity index (χ4v) is 2.95. The number of benzene rings is 1. The van der Waals surface area contributed by atoms with Gasteiger partial charge in [-0.25, -0.2) is 4.79 Å². The van der Waals surface area contributed by atoms with Gasteiger partial charge >= 0.3 is 5.97 Å². The summed E-state index contributed by atoms with van der Waals surface area (Å²) in [6.45, 7) is 0.571. The molecule has 148 valence electrons. The molecule has 1 aromatic heterocycles. The first-order chi connectivity index (χ1) is 13.5. The zero-order valence-electron chi connectivity index (χ0n) is 15.5. The summed E-state index contributed by atoms with van der Waals surface area (Å²) in [6.07, 6.45) is 0. The number of aryl methyl sites for hydroxylation is 1. The monoisotopic (exact) mass is 387 g/mol. The number of aliphatic hydroxyl groups is 2. The summed E-state index contributed by atoms with van der Waals surface area (Å²) in [5.74, 6) is -0.697. The highest BCUT2D eigenvalue weighted by atomic mass is 16.7. The number of hydrogen-bond donors (Lipinski definition) is 2. The molecule has 28 heavy (non-hydrogen) atoms. The van der Waals surface area contributed by atoms with Gasteiger partial charge in [-0.2, -0.15) is 10.0 Å². The third kappa shape index (κ3) is 3.62. The lowest BCUT2D eigenvalue weighted by Crippen LogP contribution is -2.53. The number of fused-ring (bicyclic) bond motifs is 1. The van der Waals surface area contributed by atoms with E-state index in [1.807, 2.05) is 0 Å². The molecule has 1 amide bonds. The number of hydroxylamine groups is 1. The van der Waals surface area contributed by atoms with E-state index in [1.54, 1.807) is 43.3 Å². The number of carbonyl (C=O) groups excluding carboxylic acids is 2. The first kappa shape index (κ1) is 19.6. The fraction of sp³-hybridized carbons (Fsp3) is 0.316. The highest BCUT2D eigenvalue weighted by Crippen LogP contribution is 2.37. The maximum absolute atomic E-state index is 12.7. The topological polar surface area (TPSA) is 112 Å².